The number of rotatable bonds is 8. The molecule has 5 heteroatoms. The molecule has 0 radical (unpaired) electrons. The SMILES string of the molecule is CCCOc1cncc(N(C)CCCNC)n1. The van der Waals surface area contributed by atoms with E-state index in [0.717, 1.165) is 31.7 Å². The van der Waals surface area contributed by atoms with Gasteiger partial charge in [0.1, 0.15) is 0 Å². The van der Waals surface area contributed by atoms with E-state index in [-0.39, 0.29) is 0 Å². The summed E-state index contributed by atoms with van der Waals surface area (Å²) in [6.45, 7) is 4.71. The first-order chi connectivity index (χ1) is 8.27. The molecular weight excluding hydrogens is 216 g/mol. The zero-order valence-corrected chi connectivity index (χ0v) is 10.9. The van der Waals surface area contributed by atoms with E-state index in [0.29, 0.717) is 12.5 Å². The third-order valence-electron chi connectivity index (χ3n) is 2.37. The van der Waals surface area contributed by atoms with Gasteiger partial charge in [-0.15, -0.1) is 0 Å². The van der Waals surface area contributed by atoms with Gasteiger partial charge in [0.25, 0.3) is 0 Å². The van der Waals surface area contributed by atoms with E-state index in [9.17, 15) is 0 Å². The predicted molar refractivity (Wildman–Crippen MR) is 69.6 cm³/mol. The van der Waals surface area contributed by atoms with Crippen molar-refractivity contribution in [1.82, 2.24) is 15.3 Å². The van der Waals surface area contributed by atoms with Crippen LogP contribution in [0.15, 0.2) is 12.4 Å². The minimum atomic E-state index is 0.602. The maximum Gasteiger partial charge on any atom is 0.234 e. The molecule has 0 bridgehead atoms. The summed E-state index contributed by atoms with van der Waals surface area (Å²) >= 11 is 0. The molecule has 1 aromatic heterocycles. The summed E-state index contributed by atoms with van der Waals surface area (Å²) in [5.41, 5.74) is 0. The summed E-state index contributed by atoms with van der Waals surface area (Å²) in [5, 5.41) is 3.13. The van der Waals surface area contributed by atoms with Gasteiger partial charge in [-0.05, 0) is 26.4 Å². The van der Waals surface area contributed by atoms with Gasteiger partial charge in [0.05, 0.1) is 19.0 Å². The number of ether oxygens (including phenoxy) is 1. The van der Waals surface area contributed by atoms with Gasteiger partial charge in [-0.2, -0.15) is 4.98 Å². The molecule has 0 aliphatic carbocycles. The average molecular weight is 238 g/mol. The van der Waals surface area contributed by atoms with Gasteiger partial charge in [0.15, 0.2) is 5.82 Å². The van der Waals surface area contributed by atoms with Crippen molar-refractivity contribution >= 4 is 5.82 Å². The second-order valence-electron chi connectivity index (χ2n) is 3.94. The fraction of sp³-hybridized carbons (Fsp3) is 0.667. The molecule has 1 rings (SSSR count). The highest BCUT2D eigenvalue weighted by Gasteiger charge is 2.04. The second-order valence-corrected chi connectivity index (χ2v) is 3.94. The summed E-state index contributed by atoms with van der Waals surface area (Å²) in [4.78, 5) is 10.6. The van der Waals surface area contributed by atoms with Crippen molar-refractivity contribution in [1.29, 1.82) is 0 Å². The van der Waals surface area contributed by atoms with Crippen LogP contribution in [-0.4, -0.2) is 43.8 Å². The van der Waals surface area contributed by atoms with Gasteiger partial charge in [0.2, 0.25) is 5.88 Å². The Morgan fingerprint density at radius 3 is 2.94 bits per heavy atom. The molecule has 17 heavy (non-hydrogen) atoms. The normalized spacial score (nSPS) is 10.3. The van der Waals surface area contributed by atoms with Crippen LogP contribution in [0, 0.1) is 0 Å². The summed E-state index contributed by atoms with van der Waals surface area (Å²) in [7, 11) is 3.97. The lowest BCUT2D eigenvalue weighted by Crippen LogP contribution is -2.23. The molecule has 0 saturated carbocycles. The van der Waals surface area contributed by atoms with E-state index in [4.69, 9.17) is 4.74 Å². The number of nitrogens with one attached hydrogen (secondary N) is 1. The number of anilines is 1. The van der Waals surface area contributed by atoms with Crippen LogP contribution in [-0.2, 0) is 0 Å². The van der Waals surface area contributed by atoms with E-state index in [1.807, 2.05) is 14.1 Å². The first kappa shape index (κ1) is 13.7. The van der Waals surface area contributed by atoms with Crippen LogP contribution in [0.3, 0.4) is 0 Å². The van der Waals surface area contributed by atoms with Crippen molar-refractivity contribution < 1.29 is 4.74 Å². The van der Waals surface area contributed by atoms with Crippen LogP contribution in [0.25, 0.3) is 0 Å². The van der Waals surface area contributed by atoms with Crippen molar-refractivity contribution in [2.75, 3.05) is 38.7 Å². The van der Waals surface area contributed by atoms with Gasteiger partial charge < -0.3 is 15.0 Å². The molecule has 0 spiro atoms. The van der Waals surface area contributed by atoms with Crippen LogP contribution in [0.5, 0.6) is 5.88 Å². The summed E-state index contributed by atoms with van der Waals surface area (Å²) < 4.78 is 5.46. The van der Waals surface area contributed by atoms with Gasteiger partial charge >= 0.3 is 0 Å². The molecular formula is C12H22N4O. The third-order valence-corrected chi connectivity index (χ3v) is 2.37. The Balaban J connectivity index is 2.51. The Morgan fingerprint density at radius 1 is 1.41 bits per heavy atom. The molecule has 96 valence electrons. The van der Waals surface area contributed by atoms with Crippen molar-refractivity contribution in [3.63, 3.8) is 0 Å². The molecule has 1 aromatic rings. The molecule has 1 heterocycles. The van der Waals surface area contributed by atoms with Crippen LogP contribution in [0.1, 0.15) is 19.8 Å². The maximum atomic E-state index is 5.46. The molecule has 5 nitrogen and oxygen atoms in total. The van der Waals surface area contributed by atoms with Crippen molar-refractivity contribution in [3.05, 3.63) is 12.4 Å². The summed E-state index contributed by atoms with van der Waals surface area (Å²) in [5.74, 6) is 1.46. The topological polar surface area (TPSA) is 50.3 Å². The molecule has 1 N–H and O–H groups in total. The minimum absolute atomic E-state index is 0.602. The lowest BCUT2D eigenvalue weighted by molar-refractivity contribution is 0.304. The molecule has 0 amide bonds. The fourth-order valence-corrected chi connectivity index (χ4v) is 1.41. The zero-order chi connectivity index (χ0) is 12.5. The number of hydrogen-bond acceptors (Lipinski definition) is 5. The largest absolute Gasteiger partial charge is 0.477 e. The Labute approximate surface area is 103 Å². The van der Waals surface area contributed by atoms with E-state index in [1.54, 1.807) is 12.4 Å². The number of nitrogens with zero attached hydrogens (tertiary/aromatic N) is 3. The minimum Gasteiger partial charge on any atom is -0.477 e. The summed E-state index contributed by atoms with van der Waals surface area (Å²) in [6.07, 6.45) is 5.47. The molecule has 0 saturated heterocycles. The first-order valence-corrected chi connectivity index (χ1v) is 6.08. The monoisotopic (exact) mass is 238 g/mol. The van der Waals surface area contributed by atoms with E-state index in [2.05, 4.69) is 27.1 Å². The average Bonchev–Trinajstić information content (AvgIpc) is 2.37. The second kappa shape index (κ2) is 7.84. The predicted octanol–water partition coefficient (Wildman–Crippen LogP) is 1.31. The van der Waals surface area contributed by atoms with Gasteiger partial charge in [-0.3, -0.25) is 4.98 Å². The highest BCUT2D eigenvalue weighted by molar-refractivity contribution is 5.36. The molecule has 0 aliphatic rings. The highest BCUT2D eigenvalue weighted by Crippen LogP contribution is 2.12. The van der Waals surface area contributed by atoms with Crippen molar-refractivity contribution in [2.45, 2.75) is 19.8 Å². The van der Waals surface area contributed by atoms with Gasteiger partial charge in [0, 0.05) is 13.6 Å². The van der Waals surface area contributed by atoms with Crippen molar-refractivity contribution in [2.24, 2.45) is 0 Å². The molecule has 0 aliphatic heterocycles. The highest BCUT2D eigenvalue weighted by atomic mass is 16.5. The molecule has 0 fully saturated rings. The lowest BCUT2D eigenvalue weighted by Gasteiger charge is -2.18. The van der Waals surface area contributed by atoms with Crippen LogP contribution >= 0.6 is 0 Å². The quantitative estimate of drug-likeness (QED) is 0.692. The van der Waals surface area contributed by atoms with Crippen LogP contribution in [0.4, 0.5) is 5.82 Å². The molecule has 0 unspecified atom stereocenters. The van der Waals surface area contributed by atoms with Crippen LogP contribution in [0.2, 0.25) is 0 Å². The Bertz CT molecular complexity index is 319. The van der Waals surface area contributed by atoms with Crippen LogP contribution < -0.4 is 15.0 Å². The van der Waals surface area contributed by atoms with Crippen molar-refractivity contribution in [3.8, 4) is 5.88 Å². The standard InChI is InChI=1S/C12H22N4O/c1-4-8-17-12-10-14-9-11(15-12)16(3)7-5-6-13-2/h9-10,13H,4-8H2,1-3H3. The lowest BCUT2D eigenvalue weighted by atomic mass is 10.4. The van der Waals surface area contributed by atoms with E-state index < -0.39 is 0 Å². The first-order valence-electron chi connectivity index (χ1n) is 6.08. The molecule has 0 atom stereocenters. The fourth-order valence-electron chi connectivity index (χ4n) is 1.41. The van der Waals surface area contributed by atoms with Gasteiger partial charge in [-0.25, -0.2) is 0 Å². The number of aromatic nitrogens is 2. The van der Waals surface area contributed by atoms with Gasteiger partial charge in [-0.1, -0.05) is 6.92 Å². The van der Waals surface area contributed by atoms with E-state index >= 15 is 0 Å². The maximum absolute atomic E-state index is 5.46. The Kier molecular flexibility index (Phi) is 6.32. The smallest absolute Gasteiger partial charge is 0.234 e. The number of hydrogen-bond donors (Lipinski definition) is 1. The Hall–Kier alpha value is -1.36. The third kappa shape index (κ3) is 4.99. The molecule has 0 aromatic carbocycles. The zero-order valence-electron chi connectivity index (χ0n) is 10.9. The van der Waals surface area contributed by atoms with E-state index in [1.165, 1.54) is 0 Å². The summed E-state index contributed by atoms with van der Waals surface area (Å²) in [6, 6.07) is 0. The Morgan fingerprint density at radius 2 is 2.24 bits per heavy atom.